The molecule has 0 saturated heterocycles. The number of hydrogen-bond acceptors (Lipinski definition) is 3. The number of oxime groups is 1. The highest BCUT2D eigenvalue weighted by Gasteiger charge is 2.08. The average Bonchev–Trinajstić information content (AvgIpc) is 2.53. The van der Waals surface area contributed by atoms with Crippen LogP contribution in [0.1, 0.15) is 18.1 Å². The van der Waals surface area contributed by atoms with Crippen LogP contribution < -0.4 is 5.32 Å². The van der Waals surface area contributed by atoms with Crippen LogP contribution in [0.5, 0.6) is 0 Å². The minimum atomic E-state index is -0.173. The van der Waals surface area contributed by atoms with Gasteiger partial charge in [0.2, 0.25) is 0 Å². The molecule has 0 aliphatic heterocycles. The van der Waals surface area contributed by atoms with Crippen LogP contribution >= 0.6 is 0 Å². The van der Waals surface area contributed by atoms with E-state index in [9.17, 15) is 4.79 Å². The van der Waals surface area contributed by atoms with Gasteiger partial charge in [-0.05, 0) is 24.5 Å². The Kier molecular flexibility index (Phi) is 6.18. The standard InChI is InChI=1S/C18H20N2O2/c1-15(12-16-8-4-2-5-9-16)20-18(21)14-22-19-13-17-10-6-3-7-11-17/h2-11,13,15H,12,14H2,1H3,(H,20,21)/b19-13-/t15-/m1/s1. The van der Waals surface area contributed by atoms with Crippen molar-refractivity contribution in [2.75, 3.05) is 6.61 Å². The molecule has 4 heteroatoms. The number of rotatable bonds is 7. The van der Waals surface area contributed by atoms with Crippen LogP contribution in [-0.2, 0) is 16.1 Å². The fraction of sp³-hybridized carbons (Fsp3) is 0.222. The molecular weight excluding hydrogens is 276 g/mol. The van der Waals surface area contributed by atoms with Gasteiger partial charge in [-0.15, -0.1) is 0 Å². The van der Waals surface area contributed by atoms with Gasteiger partial charge in [-0.1, -0.05) is 65.8 Å². The minimum absolute atomic E-state index is 0.0524. The number of nitrogens with one attached hydrogen (secondary N) is 1. The van der Waals surface area contributed by atoms with E-state index >= 15 is 0 Å². The predicted molar refractivity (Wildman–Crippen MR) is 87.7 cm³/mol. The van der Waals surface area contributed by atoms with Crippen molar-refractivity contribution in [3.8, 4) is 0 Å². The first-order valence-corrected chi connectivity index (χ1v) is 7.27. The molecule has 0 heterocycles. The lowest BCUT2D eigenvalue weighted by atomic mass is 10.1. The smallest absolute Gasteiger partial charge is 0.260 e. The summed E-state index contributed by atoms with van der Waals surface area (Å²) in [6.07, 6.45) is 2.38. The molecule has 0 aliphatic carbocycles. The molecule has 114 valence electrons. The van der Waals surface area contributed by atoms with Crippen LogP contribution in [0, 0.1) is 0 Å². The molecule has 1 atom stereocenters. The first-order chi connectivity index (χ1) is 10.7. The summed E-state index contributed by atoms with van der Waals surface area (Å²) in [6, 6.07) is 19.7. The third-order valence-corrected chi connectivity index (χ3v) is 3.06. The van der Waals surface area contributed by atoms with Gasteiger partial charge < -0.3 is 10.2 Å². The van der Waals surface area contributed by atoms with Gasteiger partial charge >= 0.3 is 0 Å². The molecule has 0 bridgehead atoms. The first kappa shape index (κ1) is 15.8. The number of carbonyl (C=O) groups is 1. The Balaban J connectivity index is 1.68. The van der Waals surface area contributed by atoms with Crippen molar-refractivity contribution in [2.24, 2.45) is 5.16 Å². The molecule has 0 aromatic heterocycles. The summed E-state index contributed by atoms with van der Waals surface area (Å²) in [5.41, 5.74) is 2.12. The molecule has 22 heavy (non-hydrogen) atoms. The van der Waals surface area contributed by atoms with E-state index in [2.05, 4.69) is 10.5 Å². The van der Waals surface area contributed by atoms with Crippen molar-refractivity contribution in [2.45, 2.75) is 19.4 Å². The van der Waals surface area contributed by atoms with Gasteiger partial charge in [-0.2, -0.15) is 0 Å². The maximum Gasteiger partial charge on any atom is 0.260 e. The molecule has 1 N–H and O–H groups in total. The van der Waals surface area contributed by atoms with Crippen molar-refractivity contribution in [1.82, 2.24) is 5.32 Å². The summed E-state index contributed by atoms with van der Waals surface area (Å²) in [6.45, 7) is 1.89. The zero-order valence-electron chi connectivity index (χ0n) is 12.6. The molecule has 0 unspecified atom stereocenters. The van der Waals surface area contributed by atoms with Crippen molar-refractivity contribution in [1.29, 1.82) is 0 Å². The summed E-state index contributed by atoms with van der Waals surface area (Å²) in [5.74, 6) is -0.173. The van der Waals surface area contributed by atoms with Gasteiger partial charge in [-0.25, -0.2) is 0 Å². The Morgan fingerprint density at radius 3 is 2.45 bits per heavy atom. The van der Waals surface area contributed by atoms with Crippen molar-refractivity contribution >= 4 is 12.1 Å². The zero-order valence-corrected chi connectivity index (χ0v) is 12.6. The highest BCUT2D eigenvalue weighted by atomic mass is 16.6. The third kappa shape index (κ3) is 5.79. The normalized spacial score (nSPS) is 12.0. The topological polar surface area (TPSA) is 50.7 Å². The molecule has 4 nitrogen and oxygen atoms in total. The SMILES string of the molecule is C[C@H](Cc1ccccc1)NC(=O)CO/N=C\c1ccccc1. The fourth-order valence-electron chi connectivity index (χ4n) is 2.07. The fourth-order valence-corrected chi connectivity index (χ4v) is 2.07. The molecule has 2 aromatic carbocycles. The molecule has 0 spiro atoms. The van der Waals surface area contributed by atoms with E-state index in [1.165, 1.54) is 5.56 Å². The Bertz CT molecular complexity index is 597. The van der Waals surface area contributed by atoms with E-state index in [1.54, 1.807) is 6.21 Å². The Morgan fingerprint density at radius 2 is 1.77 bits per heavy atom. The Labute approximate surface area is 130 Å². The van der Waals surface area contributed by atoms with Crippen molar-refractivity contribution in [3.63, 3.8) is 0 Å². The molecule has 2 aromatic rings. The predicted octanol–water partition coefficient (Wildman–Crippen LogP) is 2.78. The number of nitrogens with zero attached hydrogens (tertiary/aromatic N) is 1. The second kappa shape index (κ2) is 8.62. The number of hydrogen-bond donors (Lipinski definition) is 1. The second-order valence-corrected chi connectivity index (χ2v) is 5.08. The molecule has 0 radical (unpaired) electrons. The highest BCUT2D eigenvalue weighted by molar-refractivity contribution is 5.79. The molecule has 1 amide bonds. The Hall–Kier alpha value is -2.62. The summed E-state index contributed by atoms with van der Waals surface area (Å²) in [5, 5.41) is 6.68. The lowest BCUT2D eigenvalue weighted by Crippen LogP contribution is -2.36. The summed E-state index contributed by atoms with van der Waals surface area (Å²) >= 11 is 0. The van der Waals surface area contributed by atoms with Crippen LogP contribution in [0.15, 0.2) is 65.8 Å². The van der Waals surface area contributed by atoms with E-state index < -0.39 is 0 Å². The maximum atomic E-state index is 11.7. The molecular formula is C18H20N2O2. The zero-order chi connectivity index (χ0) is 15.6. The summed E-state index contributed by atoms with van der Waals surface area (Å²) < 4.78 is 0. The van der Waals surface area contributed by atoms with Gasteiger partial charge in [0.05, 0.1) is 6.21 Å². The number of carbonyl (C=O) groups excluding carboxylic acids is 1. The van der Waals surface area contributed by atoms with Crippen LogP contribution in [0.25, 0.3) is 0 Å². The van der Waals surface area contributed by atoms with E-state index in [-0.39, 0.29) is 18.6 Å². The maximum absolute atomic E-state index is 11.7. The first-order valence-electron chi connectivity index (χ1n) is 7.27. The number of amides is 1. The molecule has 0 fully saturated rings. The van der Waals surface area contributed by atoms with E-state index in [0.29, 0.717) is 0 Å². The lowest BCUT2D eigenvalue weighted by molar-refractivity contribution is -0.126. The molecule has 0 aliphatic rings. The minimum Gasteiger partial charge on any atom is -0.386 e. The third-order valence-electron chi connectivity index (χ3n) is 3.06. The van der Waals surface area contributed by atoms with Crippen LogP contribution in [0.4, 0.5) is 0 Å². The van der Waals surface area contributed by atoms with E-state index in [0.717, 1.165) is 12.0 Å². The second-order valence-electron chi connectivity index (χ2n) is 5.08. The number of benzene rings is 2. The largest absolute Gasteiger partial charge is 0.386 e. The van der Waals surface area contributed by atoms with Gasteiger partial charge in [-0.3, -0.25) is 4.79 Å². The van der Waals surface area contributed by atoms with Gasteiger partial charge in [0.15, 0.2) is 6.61 Å². The Morgan fingerprint density at radius 1 is 1.14 bits per heavy atom. The van der Waals surface area contributed by atoms with Crippen molar-refractivity contribution < 1.29 is 9.63 Å². The molecule has 0 saturated carbocycles. The average molecular weight is 296 g/mol. The van der Waals surface area contributed by atoms with Crippen LogP contribution in [0.3, 0.4) is 0 Å². The highest BCUT2D eigenvalue weighted by Crippen LogP contribution is 2.02. The van der Waals surface area contributed by atoms with Crippen LogP contribution in [0.2, 0.25) is 0 Å². The summed E-state index contributed by atoms with van der Waals surface area (Å²) in [4.78, 5) is 16.8. The lowest BCUT2D eigenvalue weighted by Gasteiger charge is -2.13. The summed E-state index contributed by atoms with van der Waals surface area (Å²) in [7, 11) is 0. The van der Waals surface area contributed by atoms with Crippen LogP contribution in [-0.4, -0.2) is 24.8 Å². The van der Waals surface area contributed by atoms with E-state index in [4.69, 9.17) is 4.84 Å². The van der Waals surface area contributed by atoms with Gasteiger partial charge in [0.25, 0.3) is 5.91 Å². The van der Waals surface area contributed by atoms with Crippen molar-refractivity contribution in [3.05, 3.63) is 71.8 Å². The van der Waals surface area contributed by atoms with E-state index in [1.807, 2.05) is 67.6 Å². The van der Waals surface area contributed by atoms with Gasteiger partial charge in [0, 0.05) is 6.04 Å². The molecule has 2 rings (SSSR count). The quantitative estimate of drug-likeness (QED) is 0.631. The monoisotopic (exact) mass is 296 g/mol. The van der Waals surface area contributed by atoms with Gasteiger partial charge in [0.1, 0.15) is 0 Å².